The Labute approximate surface area is 169 Å². The molecule has 2 rings (SSSR count). The minimum absolute atomic E-state index is 0.0361. The highest BCUT2D eigenvalue weighted by atomic mass is 79.9. The van der Waals surface area contributed by atoms with Crippen molar-refractivity contribution in [1.82, 2.24) is 15.6 Å². The Hall–Kier alpha value is -1.92. The predicted octanol–water partition coefficient (Wildman–Crippen LogP) is 1.91. The molecular weight excluding hydrogens is 458 g/mol. The zero-order valence-corrected chi connectivity index (χ0v) is 17.6. The van der Waals surface area contributed by atoms with Crippen LogP contribution >= 0.6 is 27.7 Å². The normalized spacial score (nSPS) is 11.2. The molecule has 9 nitrogen and oxygen atoms in total. The number of carbonyl (C=O) groups is 1. The Morgan fingerprint density at radius 1 is 1.37 bits per heavy atom. The zero-order valence-electron chi connectivity index (χ0n) is 14.4. The van der Waals surface area contributed by atoms with E-state index in [1.54, 1.807) is 0 Å². The highest BCUT2D eigenvalue weighted by Crippen LogP contribution is 2.21. The molecule has 1 aromatic carbocycles. The minimum Gasteiger partial charge on any atom is -0.355 e. The average molecular weight is 476 g/mol. The molecule has 0 aliphatic carbocycles. The summed E-state index contributed by atoms with van der Waals surface area (Å²) in [5.41, 5.74) is 0.981. The van der Waals surface area contributed by atoms with E-state index in [2.05, 4.69) is 36.9 Å². The van der Waals surface area contributed by atoms with Gasteiger partial charge in [-0.1, -0.05) is 33.8 Å². The number of hydrogen-bond donors (Lipinski definition) is 3. The predicted molar refractivity (Wildman–Crippen MR) is 107 cm³/mol. The molecular formula is C15H18BrN5O4S2. The van der Waals surface area contributed by atoms with Crippen LogP contribution in [0, 0.1) is 5.41 Å². The van der Waals surface area contributed by atoms with E-state index >= 15 is 0 Å². The van der Waals surface area contributed by atoms with Gasteiger partial charge in [-0.25, -0.2) is 13.0 Å². The third kappa shape index (κ3) is 7.69. The highest BCUT2D eigenvalue weighted by molar-refractivity contribution is 9.10. The van der Waals surface area contributed by atoms with E-state index in [1.165, 1.54) is 11.8 Å². The van der Waals surface area contributed by atoms with Crippen molar-refractivity contribution in [2.75, 3.05) is 29.6 Å². The number of anilines is 1. The van der Waals surface area contributed by atoms with Crippen LogP contribution in [0.5, 0.6) is 0 Å². The lowest BCUT2D eigenvalue weighted by atomic mass is 10.3. The van der Waals surface area contributed by atoms with Crippen molar-refractivity contribution in [3.05, 3.63) is 34.4 Å². The minimum atomic E-state index is -3.16. The molecule has 27 heavy (non-hydrogen) atoms. The fourth-order valence-electron chi connectivity index (χ4n) is 1.90. The second-order valence-corrected chi connectivity index (χ2v) is 9.77. The number of nitrogens with one attached hydrogen (secondary N) is 3. The van der Waals surface area contributed by atoms with Crippen molar-refractivity contribution in [2.45, 2.75) is 11.4 Å². The molecule has 146 valence electrons. The van der Waals surface area contributed by atoms with Crippen LogP contribution in [-0.4, -0.2) is 54.8 Å². The molecule has 0 spiro atoms. The molecule has 1 heterocycles. The summed E-state index contributed by atoms with van der Waals surface area (Å²) >= 11 is 4.63. The smallest absolute Gasteiger partial charge is 0.221 e. The first kappa shape index (κ1) is 21.4. The monoisotopic (exact) mass is 475 g/mol. The quantitative estimate of drug-likeness (QED) is 0.216. The number of aromatic nitrogens is 2. The summed E-state index contributed by atoms with van der Waals surface area (Å²) in [5.74, 6) is -0.00442. The van der Waals surface area contributed by atoms with Gasteiger partial charge in [0, 0.05) is 35.1 Å². The maximum atomic E-state index is 11.6. The first-order valence-electron chi connectivity index (χ1n) is 7.76. The Bertz CT molecular complexity index is 916. The molecule has 2 aromatic rings. The van der Waals surface area contributed by atoms with Crippen LogP contribution in [0.4, 0.5) is 5.69 Å². The number of amides is 1. The number of carbonyl (C=O) groups excluding carboxylic acids is 1. The van der Waals surface area contributed by atoms with Crippen molar-refractivity contribution in [2.24, 2.45) is 0 Å². The second-order valence-electron chi connectivity index (χ2n) is 5.51. The van der Waals surface area contributed by atoms with Crippen molar-refractivity contribution >= 4 is 55.0 Å². The Morgan fingerprint density at radius 2 is 2.15 bits per heavy atom. The lowest BCUT2D eigenvalue weighted by Gasteiger charge is -2.07. The summed E-state index contributed by atoms with van der Waals surface area (Å²) in [7, 11) is -3.16. The zero-order chi connectivity index (χ0) is 19.9. The van der Waals surface area contributed by atoms with Crippen molar-refractivity contribution < 1.29 is 17.8 Å². The van der Waals surface area contributed by atoms with Gasteiger partial charge >= 0.3 is 0 Å². The molecule has 0 radical (unpaired) electrons. The molecule has 1 aromatic heterocycles. The molecule has 0 saturated carbocycles. The summed E-state index contributed by atoms with van der Waals surface area (Å²) in [5, 5.41) is 21.6. The fourth-order valence-corrected chi connectivity index (χ4v) is 3.62. The maximum Gasteiger partial charge on any atom is 0.221 e. The van der Waals surface area contributed by atoms with Gasteiger partial charge in [-0.3, -0.25) is 10.2 Å². The largest absolute Gasteiger partial charge is 0.355 e. The molecule has 3 N–H and O–H groups in total. The van der Waals surface area contributed by atoms with Crippen molar-refractivity contribution in [1.29, 1.82) is 5.41 Å². The summed E-state index contributed by atoms with van der Waals surface area (Å²) in [6.45, 7) is 0.325. The van der Waals surface area contributed by atoms with Gasteiger partial charge in [0.2, 0.25) is 5.91 Å². The molecule has 0 fully saturated rings. The van der Waals surface area contributed by atoms with E-state index in [0.29, 0.717) is 23.0 Å². The molecule has 0 unspecified atom stereocenters. The number of benzene rings is 1. The SMILES string of the molecule is CS(=O)(=O)CCC(=O)NCCSc1nonc1C(=N)Nc1cccc(Br)c1. The number of nitrogens with zero attached hydrogens (tertiary/aromatic N) is 2. The van der Waals surface area contributed by atoms with E-state index in [1.807, 2.05) is 24.3 Å². The molecule has 0 aliphatic rings. The third-order valence-corrected chi connectivity index (χ3v) is 5.54. The fraction of sp³-hybridized carbons (Fsp3) is 0.333. The van der Waals surface area contributed by atoms with Gasteiger partial charge in [-0.15, -0.1) is 0 Å². The summed E-state index contributed by atoms with van der Waals surface area (Å²) in [6.07, 6.45) is 1.02. The molecule has 0 bridgehead atoms. The van der Waals surface area contributed by atoms with E-state index < -0.39 is 9.84 Å². The Balaban J connectivity index is 1.81. The number of thioether (sulfide) groups is 1. The average Bonchev–Trinajstić information content (AvgIpc) is 3.05. The lowest BCUT2D eigenvalue weighted by Crippen LogP contribution is -2.27. The van der Waals surface area contributed by atoms with Gasteiger partial charge in [0.05, 0.1) is 5.75 Å². The maximum absolute atomic E-state index is 11.6. The van der Waals surface area contributed by atoms with Gasteiger partial charge in [0.15, 0.2) is 16.6 Å². The number of sulfone groups is 1. The summed E-state index contributed by atoms with van der Waals surface area (Å²) in [6, 6.07) is 7.34. The number of rotatable bonds is 9. The molecule has 0 atom stereocenters. The van der Waals surface area contributed by atoms with E-state index in [-0.39, 0.29) is 29.6 Å². The number of amidine groups is 1. The van der Waals surface area contributed by atoms with Crippen LogP contribution in [0.2, 0.25) is 0 Å². The standard InChI is InChI=1S/C15H18BrN5O4S2/c1-27(23,24)8-5-12(22)18-6-7-26-15-13(20-25-21-15)14(17)19-11-4-2-3-10(16)9-11/h2-4,9H,5-8H2,1H3,(H2,17,19)(H,18,22). The van der Waals surface area contributed by atoms with Gasteiger partial charge < -0.3 is 10.6 Å². The first-order chi connectivity index (χ1) is 12.7. The van der Waals surface area contributed by atoms with Crippen molar-refractivity contribution in [3.63, 3.8) is 0 Å². The Morgan fingerprint density at radius 3 is 2.85 bits per heavy atom. The number of hydrogen-bond acceptors (Lipinski definition) is 8. The molecule has 0 aliphatic heterocycles. The summed E-state index contributed by atoms with van der Waals surface area (Å²) < 4.78 is 27.7. The third-order valence-electron chi connectivity index (χ3n) is 3.15. The Kier molecular flexibility index (Phi) is 7.80. The molecule has 12 heteroatoms. The van der Waals surface area contributed by atoms with Crippen LogP contribution in [0.3, 0.4) is 0 Å². The topological polar surface area (TPSA) is 138 Å². The van der Waals surface area contributed by atoms with Crippen LogP contribution in [0.1, 0.15) is 12.1 Å². The van der Waals surface area contributed by atoms with E-state index in [9.17, 15) is 13.2 Å². The van der Waals surface area contributed by atoms with Crippen LogP contribution in [0.25, 0.3) is 0 Å². The van der Waals surface area contributed by atoms with Crippen LogP contribution in [-0.2, 0) is 14.6 Å². The molecule has 1 amide bonds. The van der Waals surface area contributed by atoms with Crippen LogP contribution < -0.4 is 10.6 Å². The molecule has 0 saturated heterocycles. The van der Waals surface area contributed by atoms with Gasteiger partial charge in [-0.2, -0.15) is 0 Å². The van der Waals surface area contributed by atoms with E-state index in [4.69, 9.17) is 10.0 Å². The van der Waals surface area contributed by atoms with Gasteiger partial charge in [0.1, 0.15) is 9.84 Å². The van der Waals surface area contributed by atoms with E-state index in [0.717, 1.165) is 10.7 Å². The summed E-state index contributed by atoms with van der Waals surface area (Å²) in [4.78, 5) is 11.6. The van der Waals surface area contributed by atoms with Gasteiger partial charge in [0.25, 0.3) is 0 Å². The van der Waals surface area contributed by atoms with Crippen LogP contribution in [0.15, 0.2) is 38.4 Å². The second kappa shape index (κ2) is 9.85. The highest BCUT2D eigenvalue weighted by Gasteiger charge is 2.16. The van der Waals surface area contributed by atoms with Gasteiger partial charge in [-0.05, 0) is 28.5 Å². The first-order valence-corrected chi connectivity index (χ1v) is 11.6. The lowest BCUT2D eigenvalue weighted by molar-refractivity contribution is -0.120. The number of halogens is 1. The van der Waals surface area contributed by atoms with Crippen molar-refractivity contribution in [3.8, 4) is 0 Å².